The molecule has 174 valence electrons. The number of methoxy groups -OCH3 is 1. The molecule has 4 rings (SSSR count). The zero-order valence-electron chi connectivity index (χ0n) is 17.9. The third-order valence-electron chi connectivity index (χ3n) is 5.04. The third-order valence-corrected chi connectivity index (χ3v) is 7.31. The van der Waals surface area contributed by atoms with E-state index in [1.54, 1.807) is 36.4 Å². The first-order chi connectivity index (χ1) is 16.4. The van der Waals surface area contributed by atoms with Crippen LogP contribution in [-0.2, 0) is 17.9 Å². The molecule has 1 aliphatic rings. The van der Waals surface area contributed by atoms with Crippen LogP contribution in [0.25, 0.3) is 6.08 Å². The number of hydrogen-bond acceptors (Lipinski definition) is 5. The van der Waals surface area contributed by atoms with Crippen LogP contribution in [0.4, 0.5) is 9.18 Å². The van der Waals surface area contributed by atoms with Crippen LogP contribution in [-0.4, -0.2) is 23.2 Å². The second kappa shape index (κ2) is 10.8. The Kier molecular flexibility index (Phi) is 7.75. The zero-order chi connectivity index (χ0) is 24.2. The monoisotopic (exact) mass is 605 g/mol. The summed E-state index contributed by atoms with van der Waals surface area (Å²) in [5.74, 6) is 0.0996. The molecule has 0 aromatic heterocycles. The first-order valence-corrected chi connectivity index (χ1v) is 12.5. The largest absolute Gasteiger partial charge is 0.493 e. The summed E-state index contributed by atoms with van der Waals surface area (Å²) in [4.78, 5) is 27.0. The number of amides is 2. The van der Waals surface area contributed by atoms with Gasteiger partial charge in [-0.05, 0) is 69.2 Å². The molecule has 0 bridgehead atoms. The molecule has 34 heavy (non-hydrogen) atoms. The van der Waals surface area contributed by atoms with Crippen molar-refractivity contribution in [2.75, 3.05) is 7.11 Å². The van der Waals surface area contributed by atoms with Gasteiger partial charge in [0.2, 0.25) is 0 Å². The Morgan fingerprint density at radius 2 is 1.71 bits per heavy atom. The van der Waals surface area contributed by atoms with E-state index in [9.17, 15) is 14.0 Å². The van der Waals surface area contributed by atoms with Crippen molar-refractivity contribution < 1.29 is 23.5 Å². The molecule has 1 saturated heterocycles. The molecule has 9 heteroatoms. The molecule has 0 spiro atoms. The van der Waals surface area contributed by atoms with Gasteiger partial charge in [-0.3, -0.25) is 14.5 Å². The normalized spacial score (nSPS) is 14.7. The van der Waals surface area contributed by atoms with Crippen molar-refractivity contribution >= 4 is 60.8 Å². The highest BCUT2D eigenvalue weighted by Crippen LogP contribution is 2.40. The predicted octanol–water partition coefficient (Wildman–Crippen LogP) is 7.17. The number of imide groups is 1. The molecule has 2 amide bonds. The van der Waals surface area contributed by atoms with Gasteiger partial charge in [0.05, 0.1) is 23.0 Å². The Morgan fingerprint density at radius 3 is 2.41 bits per heavy atom. The van der Waals surface area contributed by atoms with Crippen molar-refractivity contribution in [2.24, 2.45) is 0 Å². The minimum atomic E-state index is -0.360. The van der Waals surface area contributed by atoms with E-state index < -0.39 is 0 Å². The molecule has 0 aliphatic carbocycles. The molecule has 0 atom stereocenters. The van der Waals surface area contributed by atoms with Crippen LogP contribution in [0, 0.1) is 5.82 Å². The Hall–Kier alpha value is -2.62. The van der Waals surface area contributed by atoms with Crippen molar-refractivity contribution in [2.45, 2.75) is 13.2 Å². The summed E-state index contributed by atoms with van der Waals surface area (Å²) in [6, 6.07) is 17.3. The molecule has 0 unspecified atom stereocenters. The van der Waals surface area contributed by atoms with Gasteiger partial charge >= 0.3 is 0 Å². The molecule has 1 heterocycles. The molecule has 3 aromatic carbocycles. The average Bonchev–Trinajstić information content (AvgIpc) is 3.07. The van der Waals surface area contributed by atoms with Crippen LogP contribution in [0.3, 0.4) is 0 Å². The lowest BCUT2D eigenvalue weighted by atomic mass is 10.1. The van der Waals surface area contributed by atoms with Gasteiger partial charge < -0.3 is 9.47 Å². The Labute approximate surface area is 217 Å². The van der Waals surface area contributed by atoms with Gasteiger partial charge in [-0.15, -0.1) is 0 Å². The highest BCUT2D eigenvalue weighted by atomic mass is 79.9. The predicted molar refractivity (Wildman–Crippen MR) is 137 cm³/mol. The number of carbonyl (C=O) groups is 2. The van der Waals surface area contributed by atoms with Gasteiger partial charge in [-0.25, -0.2) is 4.39 Å². The number of thioether (sulfide) groups is 1. The summed E-state index contributed by atoms with van der Waals surface area (Å²) >= 11 is 7.81. The Bertz CT molecular complexity index is 1300. The van der Waals surface area contributed by atoms with Crippen molar-refractivity contribution in [1.29, 1.82) is 0 Å². The fraction of sp³-hybridized carbons (Fsp3) is 0.120. The van der Waals surface area contributed by atoms with E-state index in [2.05, 4.69) is 31.9 Å². The molecule has 1 fully saturated rings. The molecular formula is C25H18Br2FNO4S. The molecule has 0 N–H and O–H groups in total. The van der Waals surface area contributed by atoms with E-state index in [1.165, 1.54) is 18.1 Å². The van der Waals surface area contributed by atoms with Crippen LogP contribution in [0.1, 0.15) is 16.7 Å². The third kappa shape index (κ3) is 5.37. The van der Waals surface area contributed by atoms with Crippen LogP contribution in [0.2, 0.25) is 0 Å². The number of hydrogen-bond donors (Lipinski definition) is 0. The maximum absolute atomic E-state index is 13.9. The van der Waals surface area contributed by atoms with Crippen molar-refractivity contribution in [1.82, 2.24) is 4.90 Å². The zero-order valence-corrected chi connectivity index (χ0v) is 21.9. The average molecular weight is 607 g/mol. The summed E-state index contributed by atoms with van der Waals surface area (Å²) < 4.78 is 26.6. The van der Waals surface area contributed by atoms with Crippen molar-refractivity contribution in [3.05, 3.63) is 97.0 Å². The lowest BCUT2D eigenvalue weighted by Crippen LogP contribution is -2.27. The van der Waals surface area contributed by atoms with Gasteiger partial charge in [0.25, 0.3) is 11.1 Å². The summed E-state index contributed by atoms with van der Waals surface area (Å²) in [5.41, 5.74) is 1.90. The van der Waals surface area contributed by atoms with E-state index >= 15 is 0 Å². The van der Waals surface area contributed by atoms with Crippen molar-refractivity contribution in [3.8, 4) is 11.5 Å². The Morgan fingerprint density at radius 1 is 1.00 bits per heavy atom. The molecular weight excluding hydrogens is 589 g/mol. The number of benzene rings is 3. The highest BCUT2D eigenvalue weighted by Gasteiger charge is 2.35. The summed E-state index contributed by atoms with van der Waals surface area (Å²) in [6.07, 6.45) is 1.64. The standard InChI is InChI=1S/C25H18Br2FNO4S/c1-32-21-11-15(10-19(27)23(21)33-14-17-7-3-5-9-20(17)28)12-22-24(30)29(25(31)34-22)13-16-6-2-4-8-18(16)26/h2-12H,13-14H2,1H3/b22-12-. The number of ether oxygens (including phenoxy) is 2. The van der Waals surface area contributed by atoms with E-state index in [1.807, 2.05) is 24.3 Å². The molecule has 5 nitrogen and oxygen atoms in total. The fourth-order valence-corrected chi connectivity index (χ4v) is 5.14. The number of rotatable bonds is 7. The minimum absolute atomic E-state index is 0.0227. The molecule has 0 radical (unpaired) electrons. The number of nitrogens with zero attached hydrogens (tertiary/aromatic N) is 1. The van der Waals surface area contributed by atoms with E-state index in [0.717, 1.165) is 21.8 Å². The van der Waals surface area contributed by atoms with Crippen LogP contribution >= 0.6 is 43.6 Å². The van der Waals surface area contributed by atoms with Gasteiger partial charge in [0, 0.05) is 10.0 Å². The lowest BCUT2D eigenvalue weighted by Gasteiger charge is -2.14. The topological polar surface area (TPSA) is 55.8 Å². The van der Waals surface area contributed by atoms with Crippen LogP contribution in [0.5, 0.6) is 11.5 Å². The van der Waals surface area contributed by atoms with Crippen LogP contribution in [0.15, 0.2) is 74.5 Å². The molecule has 1 aliphatic heterocycles. The highest BCUT2D eigenvalue weighted by molar-refractivity contribution is 9.10. The van der Waals surface area contributed by atoms with Gasteiger partial charge in [0.15, 0.2) is 11.5 Å². The second-order valence-electron chi connectivity index (χ2n) is 7.27. The van der Waals surface area contributed by atoms with E-state index in [4.69, 9.17) is 9.47 Å². The molecule has 0 saturated carbocycles. The lowest BCUT2D eigenvalue weighted by molar-refractivity contribution is -0.123. The minimum Gasteiger partial charge on any atom is -0.493 e. The number of halogens is 3. The van der Waals surface area contributed by atoms with Crippen molar-refractivity contribution in [3.63, 3.8) is 0 Å². The summed E-state index contributed by atoms with van der Waals surface area (Å²) in [5, 5.41) is -0.331. The first kappa shape index (κ1) is 24.5. The van der Waals surface area contributed by atoms with Gasteiger partial charge in [0.1, 0.15) is 12.4 Å². The summed E-state index contributed by atoms with van der Waals surface area (Å²) in [6.45, 7) is 0.203. The summed E-state index contributed by atoms with van der Waals surface area (Å²) in [7, 11) is 1.49. The number of carbonyl (C=O) groups excluding carboxylic acids is 2. The second-order valence-corrected chi connectivity index (χ2v) is 9.98. The fourth-order valence-electron chi connectivity index (χ4n) is 3.31. The quantitative estimate of drug-likeness (QED) is 0.267. The van der Waals surface area contributed by atoms with Crippen LogP contribution < -0.4 is 9.47 Å². The van der Waals surface area contributed by atoms with E-state index in [0.29, 0.717) is 32.0 Å². The maximum Gasteiger partial charge on any atom is 0.293 e. The van der Waals surface area contributed by atoms with Gasteiger partial charge in [-0.1, -0.05) is 52.3 Å². The SMILES string of the molecule is COc1cc(/C=C2\SC(=O)N(Cc3ccccc3Br)C2=O)cc(Br)c1OCc1ccccc1F. The Balaban J connectivity index is 1.55. The van der Waals surface area contributed by atoms with Gasteiger partial charge in [-0.2, -0.15) is 0 Å². The first-order valence-electron chi connectivity index (χ1n) is 10.1. The molecule has 3 aromatic rings. The maximum atomic E-state index is 13.9. The smallest absolute Gasteiger partial charge is 0.293 e. The van der Waals surface area contributed by atoms with E-state index in [-0.39, 0.29) is 30.1 Å².